The molecule has 4 rings (SSSR count). The highest BCUT2D eigenvalue weighted by atomic mass is 16.6. The second kappa shape index (κ2) is 4.88. The number of imidazole rings is 1. The molecule has 6 nitrogen and oxygen atoms in total. The van der Waals surface area contributed by atoms with Crippen LogP contribution in [0.1, 0.15) is 39.7 Å². The number of carbonyl (C=O) groups is 1. The minimum Gasteiger partial charge on any atom is -0.444 e. The van der Waals surface area contributed by atoms with Crippen molar-refractivity contribution in [3.8, 4) is 0 Å². The number of para-hydroxylation sites is 2. The van der Waals surface area contributed by atoms with Crippen molar-refractivity contribution >= 4 is 17.1 Å². The molecule has 0 atom stereocenters. The van der Waals surface area contributed by atoms with Gasteiger partial charge in [-0.1, -0.05) is 12.1 Å². The summed E-state index contributed by atoms with van der Waals surface area (Å²) in [5.74, 6) is 0. The molecule has 24 heavy (non-hydrogen) atoms. The Bertz CT molecular complexity index is 844. The molecule has 1 amide bonds. The molecule has 2 aromatic rings. The molecule has 1 aliphatic heterocycles. The second-order valence-electron chi connectivity index (χ2n) is 8.22. The molecule has 1 aliphatic carbocycles. The first kappa shape index (κ1) is 15.3. The van der Waals surface area contributed by atoms with Crippen LogP contribution in [0.2, 0.25) is 0 Å². The molecule has 128 valence electrons. The van der Waals surface area contributed by atoms with E-state index in [1.165, 1.54) is 0 Å². The number of hydrogen-bond acceptors (Lipinski definition) is 3. The standard InChI is InChI=1S/C18H23N3O3/c1-17(2,3)24-16(23)20-10-18(11-20)8-12(9-18)21-14-7-5-4-6-13(14)19-15(21)22/h4-7,12H,8-11H2,1-3H3,(H,19,22). The van der Waals surface area contributed by atoms with Gasteiger partial charge >= 0.3 is 11.8 Å². The number of aromatic amines is 1. The van der Waals surface area contributed by atoms with Gasteiger partial charge in [-0.25, -0.2) is 9.59 Å². The molecule has 0 unspecified atom stereocenters. The lowest BCUT2D eigenvalue weighted by Crippen LogP contribution is -2.64. The third kappa shape index (κ3) is 2.41. The maximum absolute atomic E-state index is 12.2. The number of rotatable bonds is 1. The van der Waals surface area contributed by atoms with Gasteiger partial charge < -0.3 is 14.6 Å². The molecule has 1 aromatic carbocycles. The fourth-order valence-electron chi connectivity index (χ4n) is 4.04. The number of ether oxygens (including phenoxy) is 1. The number of nitrogens with zero attached hydrogens (tertiary/aromatic N) is 2. The average molecular weight is 329 g/mol. The number of aromatic nitrogens is 2. The van der Waals surface area contributed by atoms with E-state index in [9.17, 15) is 9.59 Å². The summed E-state index contributed by atoms with van der Waals surface area (Å²) in [7, 11) is 0. The monoisotopic (exact) mass is 329 g/mol. The number of amides is 1. The zero-order valence-electron chi connectivity index (χ0n) is 14.3. The summed E-state index contributed by atoms with van der Waals surface area (Å²) >= 11 is 0. The van der Waals surface area contributed by atoms with Crippen LogP contribution >= 0.6 is 0 Å². The fourth-order valence-corrected chi connectivity index (χ4v) is 4.04. The number of fused-ring (bicyclic) bond motifs is 1. The molecule has 1 spiro atoms. The number of nitrogens with one attached hydrogen (secondary N) is 1. The number of H-pyrrole nitrogens is 1. The van der Waals surface area contributed by atoms with Gasteiger partial charge in [-0.2, -0.15) is 0 Å². The lowest BCUT2D eigenvalue weighted by atomic mass is 9.60. The average Bonchev–Trinajstić information content (AvgIpc) is 2.70. The van der Waals surface area contributed by atoms with Crippen molar-refractivity contribution in [3.63, 3.8) is 0 Å². The Balaban J connectivity index is 1.42. The predicted molar refractivity (Wildman–Crippen MR) is 91.1 cm³/mol. The Hall–Kier alpha value is -2.24. The summed E-state index contributed by atoms with van der Waals surface area (Å²) < 4.78 is 7.28. The normalized spacial score (nSPS) is 20.0. The van der Waals surface area contributed by atoms with Gasteiger partial charge in [0.25, 0.3) is 0 Å². The van der Waals surface area contributed by atoms with E-state index in [0.29, 0.717) is 0 Å². The Kier molecular flexibility index (Phi) is 3.11. The molecular formula is C18H23N3O3. The van der Waals surface area contributed by atoms with E-state index in [4.69, 9.17) is 4.74 Å². The number of likely N-dealkylation sites (tertiary alicyclic amines) is 1. The van der Waals surface area contributed by atoms with Gasteiger partial charge in [0, 0.05) is 24.5 Å². The number of carbonyl (C=O) groups excluding carboxylic acids is 1. The van der Waals surface area contributed by atoms with Crippen LogP contribution in [0.3, 0.4) is 0 Å². The summed E-state index contributed by atoms with van der Waals surface area (Å²) in [5.41, 5.74) is 1.51. The van der Waals surface area contributed by atoms with Crippen LogP contribution in [0.5, 0.6) is 0 Å². The number of benzene rings is 1. The third-order valence-corrected chi connectivity index (χ3v) is 5.03. The van der Waals surface area contributed by atoms with Gasteiger partial charge in [0.1, 0.15) is 5.60 Å². The van der Waals surface area contributed by atoms with Gasteiger partial charge in [-0.15, -0.1) is 0 Å². The zero-order chi connectivity index (χ0) is 17.1. The van der Waals surface area contributed by atoms with E-state index in [2.05, 4.69) is 4.98 Å². The van der Waals surface area contributed by atoms with Crippen molar-refractivity contribution in [2.45, 2.75) is 45.3 Å². The first-order valence-electron chi connectivity index (χ1n) is 8.44. The Morgan fingerprint density at radius 3 is 2.58 bits per heavy atom. The van der Waals surface area contributed by atoms with Crippen LogP contribution < -0.4 is 5.69 Å². The molecule has 6 heteroatoms. The predicted octanol–water partition coefficient (Wildman–Crippen LogP) is 2.90. The summed E-state index contributed by atoms with van der Waals surface area (Å²) in [5, 5.41) is 0. The largest absolute Gasteiger partial charge is 0.444 e. The van der Waals surface area contributed by atoms with Crippen molar-refractivity contribution in [1.29, 1.82) is 0 Å². The van der Waals surface area contributed by atoms with Crippen LogP contribution in [0.25, 0.3) is 11.0 Å². The summed E-state index contributed by atoms with van der Waals surface area (Å²) in [6, 6.07) is 8.00. The molecule has 1 N–H and O–H groups in total. The zero-order valence-corrected chi connectivity index (χ0v) is 14.3. The smallest absolute Gasteiger partial charge is 0.410 e. The minimum absolute atomic E-state index is 0.0422. The van der Waals surface area contributed by atoms with Crippen molar-refractivity contribution in [2.75, 3.05) is 13.1 Å². The van der Waals surface area contributed by atoms with E-state index in [-0.39, 0.29) is 23.2 Å². The van der Waals surface area contributed by atoms with Crippen molar-refractivity contribution in [2.24, 2.45) is 5.41 Å². The van der Waals surface area contributed by atoms with E-state index in [0.717, 1.165) is 37.0 Å². The Labute approximate surface area is 140 Å². The third-order valence-electron chi connectivity index (χ3n) is 5.03. The molecule has 0 radical (unpaired) electrons. The van der Waals surface area contributed by atoms with Crippen LogP contribution in [0.15, 0.2) is 29.1 Å². The Morgan fingerprint density at radius 1 is 1.25 bits per heavy atom. The first-order valence-corrected chi connectivity index (χ1v) is 8.44. The summed E-state index contributed by atoms with van der Waals surface area (Å²) in [4.78, 5) is 29.0. The molecule has 2 heterocycles. The summed E-state index contributed by atoms with van der Waals surface area (Å²) in [6.45, 7) is 7.10. The SMILES string of the molecule is CC(C)(C)OC(=O)N1CC2(CC(n3c(=O)[nH]c4ccccc43)C2)C1. The highest BCUT2D eigenvalue weighted by Gasteiger charge is 2.55. The molecule has 1 aromatic heterocycles. The minimum atomic E-state index is -0.459. The maximum atomic E-state index is 12.2. The lowest BCUT2D eigenvalue weighted by Gasteiger charge is -2.58. The molecule has 2 fully saturated rings. The molecule has 1 saturated carbocycles. The topological polar surface area (TPSA) is 67.3 Å². The Morgan fingerprint density at radius 2 is 1.92 bits per heavy atom. The fraction of sp³-hybridized carbons (Fsp3) is 0.556. The molecule has 0 bridgehead atoms. The van der Waals surface area contributed by atoms with E-state index < -0.39 is 5.60 Å². The van der Waals surface area contributed by atoms with Crippen LogP contribution in [0.4, 0.5) is 4.79 Å². The highest BCUT2D eigenvalue weighted by Crippen LogP contribution is 2.54. The van der Waals surface area contributed by atoms with E-state index in [1.807, 2.05) is 49.6 Å². The van der Waals surface area contributed by atoms with Crippen LogP contribution in [-0.2, 0) is 4.74 Å². The van der Waals surface area contributed by atoms with Crippen molar-refractivity contribution < 1.29 is 9.53 Å². The van der Waals surface area contributed by atoms with Gasteiger partial charge in [-0.3, -0.25) is 4.57 Å². The first-order chi connectivity index (χ1) is 11.3. The number of hydrogen-bond donors (Lipinski definition) is 1. The highest BCUT2D eigenvalue weighted by molar-refractivity contribution is 5.75. The van der Waals surface area contributed by atoms with Crippen molar-refractivity contribution in [3.05, 3.63) is 34.7 Å². The van der Waals surface area contributed by atoms with Crippen molar-refractivity contribution in [1.82, 2.24) is 14.5 Å². The van der Waals surface area contributed by atoms with Gasteiger partial charge in [0.15, 0.2) is 0 Å². The van der Waals surface area contributed by atoms with Gasteiger partial charge in [0.2, 0.25) is 0 Å². The van der Waals surface area contributed by atoms with Crippen LogP contribution in [0, 0.1) is 5.41 Å². The molecular weight excluding hydrogens is 306 g/mol. The van der Waals surface area contributed by atoms with E-state index in [1.54, 1.807) is 4.90 Å². The second-order valence-corrected chi connectivity index (χ2v) is 8.22. The van der Waals surface area contributed by atoms with Gasteiger partial charge in [-0.05, 0) is 45.7 Å². The lowest BCUT2D eigenvalue weighted by molar-refractivity contribution is -0.0905. The molecule has 2 aliphatic rings. The van der Waals surface area contributed by atoms with Crippen LogP contribution in [-0.4, -0.2) is 39.2 Å². The summed E-state index contributed by atoms with van der Waals surface area (Å²) in [6.07, 6.45) is 1.64. The molecule has 1 saturated heterocycles. The maximum Gasteiger partial charge on any atom is 0.410 e. The quantitative estimate of drug-likeness (QED) is 0.875. The van der Waals surface area contributed by atoms with Gasteiger partial charge in [0.05, 0.1) is 11.0 Å². The van der Waals surface area contributed by atoms with E-state index >= 15 is 0 Å².